The summed E-state index contributed by atoms with van der Waals surface area (Å²) in [7, 11) is 0.900. The molecule has 27 heavy (non-hydrogen) atoms. The summed E-state index contributed by atoms with van der Waals surface area (Å²) in [5.41, 5.74) is 1.40. The number of sulfonamides is 1. The van der Waals surface area contributed by atoms with E-state index in [4.69, 9.17) is 4.74 Å². The molecule has 1 amide bonds. The molecule has 0 aliphatic carbocycles. The van der Waals surface area contributed by atoms with Gasteiger partial charge < -0.3 is 9.64 Å². The van der Waals surface area contributed by atoms with Gasteiger partial charge in [-0.2, -0.15) is 0 Å². The van der Waals surface area contributed by atoms with Crippen molar-refractivity contribution < 1.29 is 17.9 Å². The van der Waals surface area contributed by atoms with Crippen LogP contribution in [0.3, 0.4) is 0 Å². The number of rotatable bonds is 7. The fraction of sp³-hybridized carbons (Fsp3) is 0.316. The Bertz CT molecular complexity index is 929. The Morgan fingerprint density at radius 3 is 2.44 bits per heavy atom. The summed E-state index contributed by atoms with van der Waals surface area (Å²) in [6.45, 7) is 2.69. The quantitative estimate of drug-likeness (QED) is 0.644. The Kier molecular flexibility index (Phi) is 7.02. The maximum Gasteiger partial charge on any atom is 0.253 e. The van der Waals surface area contributed by atoms with Crippen molar-refractivity contribution in [3.63, 3.8) is 0 Å². The Morgan fingerprint density at radius 2 is 1.81 bits per heavy atom. The highest BCUT2D eigenvalue weighted by Gasteiger charge is 2.23. The van der Waals surface area contributed by atoms with Crippen molar-refractivity contribution >= 4 is 31.9 Å². The molecule has 0 N–H and O–H groups in total. The van der Waals surface area contributed by atoms with Crippen molar-refractivity contribution in [2.75, 3.05) is 34.3 Å². The molecule has 2 aromatic carbocycles. The van der Waals surface area contributed by atoms with E-state index >= 15 is 0 Å². The maximum absolute atomic E-state index is 12.6. The molecule has 0 aliphatic heterocycles. The van der Waals surface area contributed by atoms with E-state index in [-0.39, 0.29) is 10.8 Å². The number of benzene rings is 2. The van der Waals surface area contributed by atoms with Crippen LogP contribution in [-0.2, 0) is 10.0 Å². The highest BCUT2D eigenvalue weighted by Crippen LogP contribution is 2.25. The number of ether oxygens (including phenoxy) is 1. The monoisotopic (exact) mass is 454 g/mol. The van der Waals surface area contributed by atoms with Gasteiger partial charge in [-0.25, -0.2) is 12.7 Å². The summed E-state index contributed by atoms with van der Waals surface area (Å²) in [5.74, 6) is 0.476. The summed E-state index contributed by atoms with van der Waals surface area (Å²) in [4.78, 5) is 14.2. The van der Waals surface area contributed by atoms with Crippen LogP contribution in [0.2, 0.25) is 0 Å². The van der Waals surface area contributed by atoms with Crippen molar-refractivity contribution in [1.82, 2.24) is 9.21 Å². The molecule has 0 atom stereocenters. The van der Waals surface area contributed by atoms with Crippen LogP contribution in [-0.4, -0.2) is 57.8 Å². The average molecular weight is 455 g/mol. The molecule has 0 saturated heterocycles. The smallest absolute Gasteiger partial charge is 0.253 e. The predicted molar refractivity (Wildman–Crippen MR) is 109 cm³/mol. The molecule has 6 nitrogen and oxygen atoms in total. The van der Waals surface area contributed by atoms with Gasteiger partial charge in [0.05, 0.1) is 11.4 Å². The van der Waals surface area contributed by atoms with Gasteiger partial charge in [-0.05, 0) is 58.7 Å². The van der Waals surface area contributed by atoms with Crippen LogP contribution >= 0.6 is 15.9 Å². The first-order valence-electron chi connectivity index (χ1n) is 8.30. The molecule has 0 unspecified atom stereocenters. The minimum atomic E-state index is -3.66. The molecule has 2 rings (SSSR count). The van der Waals surface area contributed by atoms with Gasteiger partial charge in [-0.1, -0.05) is 12.1 Å². The Morgan fingerprint density at radius 1 is 1.11 bits per heavy atom. The average Bonchev–Trinajstić information content (AvgIpc) is 2.61. The van der Waals surface area contributed by atoms with E-state index in [9.17, 15) is 13.2 Å². The molecule has 0 saturated carbocycles. The number of halogens is 1. The fourth-order valence-corrected chi connectivity index (χ4v) is 4.20. The number of carbonyl (C=O) groups excluding carboxylic acids is 1. The molecular formula is C19H23BrN2O4S. The molecule has 146 valence electrons. The van der Waals surface area contributed by atoms with Crippen LogP contribution in [0.5, 0.6) is 5.75 Å². The van der Waals surface area contributed by atoms with Crippen LogP contribution < -0.4 is 4.74 Å². The molecule has 0 bridgehead atoms. The van der Waals surface area contributed by atoms with Crippen molar-refractivity contribution in [3.05, 3.63) is 58.1 Å². The fourth-order valence-electron chi connectivity index (χ4n) is 2.36. The second-order valence-electron chi connectivity index (χ2n) is 6.32. The lowest BCUT2D eigenvalue weighted by Gasteiger charge is -2.19. The first-order valence-corrected chi connectivity index (χ1v) is 10.5. The molecule has 8 heteroatoms. The molecule has 0 radical (unpaired) electrons. The van der Waals surface area contributed by atoms with Crippen molar-refractivity contribution in [2.45, 2.75) is 11.8 Å². The van der Waals surface area contributed by atoms with Gasteiger partial charge in [0.25, 0.3) is 5.91 Å². The van der Waals surface area contributed by atoms with Crippen LogP contribution in [0.1, 0.15) is 15.9 Å². The Hall–Kier alpha value is -1.90. The van der Waals surface area contributed by atoms with Crippen molar-refractivity contribution in [2.24, 2.45) is 0 Å². The first kappa shape index (κ1) is 21.4. The lowest BCUT2D eigenvalue weighted by atomic mass is 10.2. The molecule has 2 aromatic rings. The van der Waals surface area contributed by atoms with E-state index in [2.05, 4.69) is 15.9 Å². The SMILES string of the molecule is Cc1cccc(OCCN(C)C(=O)c2ccc(Br)c(S(=O)(=O)N(C)C)c2)c1. The van der Waals surface area contributed by atoms with Gasteiger partial charge in [-0.3, -0.25) is 4.79 Å². The van der Waals surface area contributed by atoms with Crippen LogP contribution in [0.15, 0.2) is 51.8 Å². The van der Waals surface area contributed by atoms with E-state index < -0.39 is 10.0 Å². The maximum atomic E-state index is 12.6. The van der Waals surface area contributed by atoms with E-state index in [0.717, 1.165) is 15.6 Å². The Labute approximate surface area is 168 Å². The first-order chi connectivity index (χ1) is 12.6. The molecule has 0 aromatic heterocycles. The zero-order valence-corrected chi connectivity index (χ0v) is 18.2. The number of hydrogen-bond acceptors (Lipinski definition) is 4. The number of amides is 1. The molecule has 0 spiro atoms. The molecule has 0 fully saturated rings. The highest BCUT2D eigenvalue weighted by molar-refractivity contribution is 9.10. The van der Waals surface area contributed by atoms with Crippen LogP contribution in [0.4, 0.5) is 0 Å². The normalized spacial score (nSPS) is 11.5. The zero-order chi connectivity index (χ0) is 20.2. The Balaban J connectivity index is 2.08. The highest BCUT2D eigenvalue weighted by atomic mass is 79.9. The molecule has 0 aliphatic rings. The van der Waals surface area contributed by atoms with Crippen molar-refractivity contribution in [3.8, 4) is 5.75 Å². The topological polar surface area (TPSA) is 66.9 Å². The number of likely N-dealkylation sites (N-methyl/N-ethyl adjacent to an activating group) is 1. The number of hydrogen-bond donors (Lipinski definition) is 0. The third kappa shape index (κ3) is 5.31. The van der Waals surface area contributed by atoms with E-state index in [1.807, 2.05) is 31.2 Å². The number of carbonyl (C=O) groups is 1. The summed E-state index contributed by atoms with van der Waals surface area (Å²) in [5, 5.41) is 0. The number of aryl methyl sites for hydroxylation is 1. The van der Waals surface area contributed by atoms with Gasteiger partial charge in [0, 0.05) is 31.2 Å². The van der Waals surface area contributed by atoms with Crippen molar-refractivity contribution in [1.29, 1.82) is 0 Å². The van der Waals surface area contributed by atoms with E-state index in [0.29, 0.717) is 23.2 Å². The second-order valence-corrected chi connectivity index (χ2v) is 9.30. The van der Waals surface area contributed by atoms with Gasteiger partial charge >= 0.3 is 0 Å². The lowest BCUT2D eigenvalue weighted by molar-refractivity contribution is 0.0773. The van der Waals surface area contributed by atoms with Crippen LogP contribution in [0, 0.1) is 6.92 Å². The minimum absolute atomic E-state index is 0.0581. The summed E-state index contributed by atoms with van der Waals surface area (Å²) in [6.07, 6.45) is 0. The minimum Gasteiger partial charge on any atom is -0.492 e. The summed E-state index contributed by atoms with van der Waals surface area (Å²) in [6, 6.07) is 12.2. The largest absolute Gasteiger partial charge is 0.492 e. The lowest BCUT2D eigenvalue weighted by Crippen LogP contribution is -2.31. The van der Waals surface area contributed by atoms with Gasteiger partial charge in [0.2, 0.25) is 10.0 Å². The van der Waals surface area contributed by atoms with E-state index in [1.54, 1.807) is 19.2 Å². The van der Waals surface area contributed by atoms with Gasteiger partial charge in [0.15, 0.2) is 0 Å². The summed E-state index contributed by atoms with van der Waals surface area (Å²) < 4.78 is 32.0. The molecular weight excluding hydrogens is 432 g/mol. The predicted octanol–water partition coefficient (Wildman–Crippen LogP) is 3.16. The summed E-state index contributed by atoms with van der Waals surface area (Å²) >= 11 is 3.24. The standard InChI is InChI=1S/C19H23BrN2O4S/c1-14-6-5-7-16(12-14)26-11-10-22(4)19(23)15-8-9-17(20)18(13-15)27(24,25)21(2)3/h5-9,12-13H,10-11H2,1-4H3. The van der Waals surface area contributed by atoms with Gasteiger partial charge in [0.1, 0.15) is 12.4 Å². The van der Waals surface area contributed by atoms with Gasteiger partial charge in [-0.15, -0.1) is 0 Å². The second kappa shape index (κ2) is 8.86. The molecule has 0 heterocycles. The zero-order valence-electron chi connectivity index (χ0n) is 15.8. The third-order valence-corrected chi connectivity index (χ3v) is 6.78. The van der Waals surface area contributed by atoms with E-state index in [1.165, 1.54) is 25.1 Å². The third-order valence-electron chi connectivity index (χ3n) is 3.97. The number of nitrogens with zero attached hydrogens (tertiary/aromatic N) is 2. The van der Waals surface area contributed by atoms with Crippen LogP contribution in [0.25, 0.3) is 0 Å².